The summed E-state index contributed by atoms with van der Waals surface area (Å²) in [6.45, 7) is 3.92. The molecular formula is C12H18N2O3S. The predicted molar refractivity (Wildman–Crippen MR) is 69.2 cm³/mol. The lowest BCUT2D eigenvalue weighted by Gasteiger charge is -2.12. The van der Waals surface area contributed by atoms with Crippen molar-refractivity contribution in [3.63, 3.8) is 0 Å². The summed E-state index contributed by atoms with van der Waals surface area (Å²) in [5.74, 6) is 0.574. The number of benzene rings is 1. The second-order valence-electron chi connectivity index (χ2n) is 4.22. The Balaban J connectivity index is 2.15. The van der Waals surface area contributed by atoms with Gasteiger partial charge < -0.3 is 10.1 Å². The van der Waals surface area contributed by atoms with Gasteiger partial charge in [-0.3, -0.25) is 0 Å². The molecule has 1 aliphatic heterocycles. The summed E-state index contributed by atoms with van der Waals surface area (Å²) >= 11 is 0. The van der Waals surface area contributed by atoms with Crippen molar-refractivity contribution in [2.45, 2.75) is 24.3 Å². The second-order valence-corrected chi connectivity index (χ2v) is 5.93. The first-order valence-corrected chi connectivity index (χ1v) is 7.56. The molecule has 0 radical (unpaired) electrons. The average Bonchev–Trinajstić information content (AvgIpc) is 2.82. The van der Waals surface area contributed by atoms with E-state index in [-0.39, 0.29) is 10.9 Å². The van der Waals surface area contributed by atoms with Gasteiger partial charge in [-0.15, -0.1) is 0 Å². The molecule has 0 bridgehead atoms. The fraction of sp³-hybridized carbons (Fsp3) is 0.500. The Hall–Kier alpha value is -1.11. The Morgan fingerprint density at radius 2 is 2.33 bits per heavy atom. The Kier molecular flexibility index (Phi) is 4.21. The van der Waals surface area contributed by atoms with Crippen molar-refractivity contribution in [1.29, 1.82) is 0 Å². The molecule has 2 N–H and O–H groups in total. The van der Waals surface area contributed by atoms with E-state index >= 15 is 0 Å². The van der Waals surface area contributed by atoms with Gasteiger partial charge in [-0.25, -0.2) is 13.1 Å². The first-order chi connectivity index (χ1) is 8.62. The van der Waals surface area contributed by atoms with Crippen LogP contribution < -0.4 is 14.8 Å². The first kappa shape index (κ1) is 13.3. The van der Waals surface area contributed by atoms with Crippen molar-refractivity contribution < 1.29 is 13.2 Å². The molecule has 1 aromatic carbocycles. The molecule has 0 aromatic heterocycles. The molecule has 1 heterocycles. The largest absolute Gasteiger partial charge is 0.494 e. The number of hydrogen-bond donors (Lipinski definition) is 2. The fourth-order valence-electron chi connectivity index (χ4n) is 1.94. The molecule has 100 valence electrons. The van der Waals surface area contributed by atoms with Gasteiger partial charge in [0.2, 0.25) is 10.0 Å². The zero-order valence-corrected chi connectivity index (χ0v) is 11.2. The third kappa shape index (κ3) is 3.22. The summed E-state index contributed by atoms with van der Waals surface area (Å²) in [6, 6.07) is 6.54. The molecule has 0 aliphatic carbocycles. The van der Waals surface area contributed by atoms with Gasteiger partial charge in [0.05, 0.1) is 11.5 Å². The van der Waals surface area contributed by atoms with E-state index in [2.05, 4.69) is 10.0 Å². The van der Waals surface area contributed by atoms with Crippen LogP contribution in [0, 0.1) is 0 Å². The molecule has 0 amide bonds. The smallest absolute Gasteiger partial charge is 0.240 e. The topological polar surface area (TPSA) is 67.4 Å². The van der Waals surface area contributed by atoms with Gasteiger partial charge in [0.1, 0.15) is 5.75 Å². The first-order valence-electron chi connectivity index (χ1n) is 6.08. The van der Waals surface area contributed by atoms with Crippen molar-refractivity contribution in [3.05, 3.63) is 24.3 Å². The van der Waals surface area contributed by atoms with Gasteiger partial charge in [-0.1, -0.05) is 6.07 Å². The summed E-state index contributed by atoms with van der Waals surface area (Å²) < 4.78 is 32.3. The third-order valence-electron chi connectivity index (χ3n) is 2.81. The molecule has 1 aliphatic rings. The van der Waals surface area contributed by atoms with Crippen LogP contribution in [0.2, 0.25) is 0 Å². The number of hydrogen-bond acceptors (Lipinski definition) is 4. The predicted octanol–water partition coefficient (Wildman–Crippen LogP) is 0.725. The molecule has 18 heavy (non-hydrogen) atoms. The summed E-state index contributed by atoms with van der Waals surface area (Å²) in [5.41, 5.74) is 0. The Labute approximate surface area is 108 Å². The van der Waals surface area contributed by atoms with Crippen molar-refractivity contribution in [2.75, 3.05) is 19.7 Å². The van der Waals surface area contributed by atoms with E-state index in [1.165, 1.54) is 0 Å². The van der Waals surface area contributed by atoms with E-state index in [1.807, 2.05) is 6.92 Å². The van der Waals surface area contributed by atoms with Crippen molar-refractivity contribution >= 4 is 10.0 Å². The van der Waals surface area contributed by atoms with Crippen LogP contribution in [0.5, 0.6) is 5.75 Å². The quantitative estimate of drug-likeness (QED) is 0.827. The van der Waals surface area contributed by atoms with Gasteiger partial charge >= 0.3 is 0 Å². The number of rotatable bonds is 5. The normalized spacial score (nSPS) is 19.9. The van der Waals surface area contributed by atoms with Gasteiger partial charge in [0, 0.05) is 18.7 Å². The number of ether oxygens (including phenoxy) is 1. The van der Waals surface area contributed by atoms with E-state index < -0.39 is 10.0 Å². The molecule has 6 heteroatoms. The molecule has 1 atom stereocenters. The highest BCUT2D eigenvalue weighted by Crippen LogP contribution is 2.18. The molecule has 0 saturated carbocycles. The standard InChI is InChI=1S/C12H18N2O3S/c1-2-17-11-4-3-5-12(8-11)18(15,16)14-10-6-7-13-9-10/h3-5,8,10,13-14H,2,6-7,9H2,1H3. The lowest BCUT2D eigenvalue weighted by molar-refractivity contribution is 0.339. The SMILES string of the molecule is CCOc1cccc(S(=O)(=O)NC2CCNC2)c1. The molecule has 1 unspecified atom stereocenters. The zero-order chi connectivity index (χ0) is 13.0. The van der Waals surface area contributed by atoms with Crippen LogP contribution in [0.3, 0.4) is 0 Å². The fourth-order valence-corrected chi connectivity index (χ4v) is 3.25. The highest BCUT2D eigenvalue weighted by Gasteiger charge is 2.22. The minimum absolute atomic E-state index is 0.0225. The molecule has 1 aromatic rings. The lowest BCUT2D eigenvalue weighted by Crippen LogP contribution is -2.36. The maximum atomic E-state index is 12.2. The van der Waals surface area contributed by atoms with Gasteiger partial charge in [-0.2, -0.15) is 0 Å². The van der Waals surface area contributed by atoms with Gasteiger partial charge in [-0.05, 0) is 32.0 Å². The minimum Gasteiger partial charge on any atom is -0.494 e. The highest BCUT2D eigenvalue weighted by molar-refractivity contribution is 7.89. The van der Waals surface area contributed by atoms with Crippen molar-refractivity contribution in [2.24, 2.45) is 0 Å². The molecule has 1 fully saturated rings. The van der Waals surface area contributed by atoms with Crippen LogP contribution in [0.25, 0.3) is 0 Å². The van der Waals surface area contributed by atoms with Crippen LogP contribution in [-0.2, 0) is 10.0 Å². The van der Waals surface area contributed by atoms with Crippen LogP contribution in [0.4, 0.5) is 0 Å². The van der Waals surface area contributed by atoms with E-state index in [4.69, 9.17) is 4.74 Å². The maximum Gasteiger partial charge on any atom is 0.240 e. The Bertz CT molecular complexity index is 496. The van der Waals surface area contributed by atoms with E-state index in [1.54, 1.807) is 24.3 Å². The molecule has 2 rings (SSSR count). The molecular weight excluding hydrogens is 252 g/mol. The van der Waals surface area contributed by atoms with E-state index in [0.717, 1.165) is 13.0 Å². The minimum atomic E-state index is -3.45. The van der Waals surface area contributed by atoms with E-state index in [0.29, 0.717) is 18.9 Å². The number of nitrogens with one attached hydrogen (secondary N) is 2. The van der Waals surface area contributed by atoms with Gasteiger partial charge in [0.25, 0.3) is 0 Å². The highest BCUT2D eigenvalue weighted by atomic mass is 32.2. The van der Waals surface area contributed by atoms with E-state index in [9.17, 15) is 8.42 Å². The maximum absolute atomic E-state index is 12.2. The average molecular weight is 270 g/mol. The Morgan fingerprint density at radius 3 is 3.00 bits per heavy atom. The summed E-state index contributed by atoms with van der Waals surface area (Å²) in [5, 5.41) is 3.13. The summed E-state index contributed by atoms with van der Waals surface area (Å²) in [7, 11) is -3.45. The summed E-state index contributed by atoms with van der Waals surface area (Å²) in [4.78, 5) is 0.250. The zero-order valence-electron chi connectivity index (χ0n) is 10.3. The van der Waals surface area contributed by atoms with Gasteiger partial charge in [0.15, 0.2) is 0 Å². The van der Waals surface area contributed by atoms with Crippen LogP contribution in [0.15, 0.2) is 29.2 Å². The lowest BCUT2D eigenvalue weighted by atomic mass is 10.3. The molecule has 5 nitrogen and oxygen atoms in total. The Morgan fingerprint density at radius 1 is 1.50 bits per heavy atom. The second kappa shape index (κ2) is 5.69. The van der Waals surface area contributed by atoms with Crippen LogP contribution in [-0.4, -0.2) is 34.2 Å². The van der Waals surface area contributed by atoms with Crippen LogP contribution in [0.1, 0.15) is 13.3 Å². The number of sulfonamides is 1. The monoisotopic (exact) mass is 270 g/mol. The molecule has 0 spiro atoms. The third-order valence-corrected chi connectivity index (χ3v) is 4.33. The van der Waals surface area contributed by atoms with Crippen molar-refractivity contribution in [1.82, 2.24) is 10.0 Å². The van der Waals surface area contributed by atoms with Crippen molar-refractivity contribution in [3.8, 4) is 5.75 Å². The van der Waals surface area contributed by atoms with Crippen LogP contribution >= 0.6 is 0 Å². The molecule has 1 saturated heterocycles. The summed E-state index contributed by atoms with van der Waals surface area (Å²) in [6.07, 6.45) is 0.824.